The Morgan fingerprint density at radius 2 is 2.30 bits per heavy atom. The lowest BCUT2D eigenvalue weighted by atomic mass is 10.0. The van der Waals surface area contributed by atoms with Gasteiger partial charge in [0.25, 0.3) is 5.91 Å². The lowest BCUT2D eigenvalue weighted by Crippen LogP contribution is -2.30. The summed E-state index contributed by atoms with van der Waals surface area (Å²) in [5.41, 5.74) is 4.06. The summed E-state index contributed by atoms with van der Waals surface area (Å²) >= 11 is 1.68. The zero-order valence-corrected chi connectivity index (χ0v) is 16.0. The van der Waals surface area contributed by atoms with E-state index >= 15 is 0 Å². The average Bonchev–Trinajstić information content (AvgIpc) is 3.35. The van der Waals surface area contributed by atoms with Crippen LogP contribution < -0.4 is 10.6 Å². The fourth-order valence-electron chi connectivity index (χ4n) is 3.67. The van der Waals surface area contributed by atoms with Crippen LogP contribution in [0.5, 0.6) is 0 Å². The zero-order valence-electron chi connectivity index (χ0n) is 15.2. The van der Waals surface area contributed by atoms with Gasteiger partial charge in [-0.2, -0.15) is 0 Å². The van der Waals surface area contributed by atoms with Crippen LogP contribution in [0.1, 0.15) is 39.6 Å². The molecule has 0 saturated heterocycles. The van der Waals surface area contributed by atoms with Crippen LogP contribution >= 0.6 is 11.8 Å². The number of methoxy groups -OCH3 is 1. The van der Waals surface area contributed by atoms with E-state index in [1.165, 1.54) is 12.7 Å². The largest absolute Gasteiger partial charge is 0.375 e. The molecule has 1 aliphatic carbocycles. The van der Waals surface area contributed by atoms with Gasteiger partial charge in [-0.15, -0.1) is 0 Å². The fourth-order valence-corrected chi connectivity index (χ4v) is 4.60. The van der Waals surface area contributed by atoms with Crippen molar-refractivity contribution in [2.24, 2.45) is 0 Å². The highest BCUT2D eigenvalue weighted by atomic mass is 32.2. The highest BCUT2D eigenvalue weighted by molar-refractivity contribution is 7.99. The summed E-state index contributed by atoms with van der Waals surface area (Å²) in [4.78, 5) is 28.5. The molecule has 27 heavy (non-hydrogen) atoms. The molecule has 7 nitrogen and oxygen atoms in total. The van der Waals surface area contributed by atoms with E-state index in [9.17, 15) is 9.59 Å². The third-order valence-electron chi connectivity index (χ3n) is 4.95. The Bertz CT molecular complexity index is 880. The molecule has 1 unspecified atom stereocenters. The summed E-state index contributed by atoms with van der Waals surface area (Å²) in [6.07, 6.45) is 3.45. The van der Waals surface area contributed by atoms with Gasteiger partial charge in [0.15, 0.2) is 5.16 Å². The van der Waals surface area contributed by atoms with Gasteiger partial charge in [0.05, 0.1) is 12.2 Å². The summed E-state index contributed by atoms with van der Waals surface area (Å²) in [5.74, 6) is 0.774. The molecule has 0 saturated carbocycles. The normalized spacial score (nSPS) is 17.4. The number of aryl methyl sites for hydroxylation is 1. The second kappa shape index (κ2) is 7.74. The van der Waals surface area contributed by atoms with E-state index in [1.54, 1.807) is 18.0 Å². The minimum absolute atomic E-state index is 0.0400. The average molecular weight is 386 g/mol. The van der Waals surface area contributed by atoms with Gasteiger partial charge in [0.2, 0.25) is 5.91 Å². The molecule has 8 heteroatoms. The van der Waals surface area contributed by atoms with Gasteiger partial charge in [-0.25, -0.2) is 4.98 Å². The predicted molar refractivity (Wildman–Crippen MR) is 102 cm³/mol. The van der Waals surface area contributed by atoms with E-state index in [-0.39, 0.29) is 24.5 Å². The molecule has 0 fully saturated rings. The van der Waals surface area contributed by atoms with Gasteiger partial charge < -0.3 is 19.9 Å². The van der Waals surface area contributed by atoms with Gasteiger partial charge in [0.1, 0.15) is 12.3 Å². The molecule has 4 rings (SSSR count). The summed E-state index contributed by atoms with van der Waals surface area (Å²) < 4.78 is 6.84. The van der Waals surface area contributed by atoms with E-state index in [2.05, 4.69) is 27.8 Å². The number of thioether (sulfide) groups is 1. The van der Waals surface area contributed by atoms with Gasteiger partial charge in [-0.3, -0.25) is 9.59 Å². The summed E-state index contributed by atoms with van der Waals surface area (Å²) in [7, 11) is 1.51. The molecule has 1 atom stereocenters. The maximum absolute atomic E-state index is 12.5. The molecule has 2 amide bonds. The van der Waals surface area contributed by atoms with Gasteiger partial charge in [-0.1, -0.05) is 30.0 Å². The zero-order chi connectivity index (χ0) is 18.8. The lowest BCUT2D eigenvalue weighted by molar-refractivity contribution is -0.125. The van der Waals surface area contributed by atoms with Crippen molar-refractivity contribution in [1.29, 1.82) is 0 Å². The van der Waals surface area contributed by atoms with Crippen LogP contribution in [0, 0.1) is 0 Å². The number of carbonyl (C=O) groups is 2. The van der Waals surface area contributed by atoms with E-state index in [0.29, 0.717) is 12.2 Å². The van der Waals surface area contributed by atoms with Crippen molar-refractivity contribution < 1.29 is 14.3 Å². The van der Waals surface area contributed by atoms with E-state index in [0.717, 1.165) is 41.4 Å². The topological polar surface area (TPSA) is 85.2 Å². The van der Waals surface area contributed by atoms with Crippen molar-refractivity contribution in [3.05, 3.63) is 46.8 Å². The van der Waals surface area contributed by atoms with E-state index in [4.69, 9.17) is 4.74 Å². The number of nitrogens with zero attached hydrogens (tertiary/aromatic N) is 2. The van der Waals surface area contributed by atoms with Crippen molar-refractivity contribution in [3.8, 4) is 0 Å². The number of fused-ring (bicyclic) bond motifs is 2. The first kappa shape index (κ1) is 18.1. The third kappa shape index (κ3) is 3.72. The highest BCUT2D eigenvalue weighted by Gasteiger charge is 2.24. The number of aromatic nitrogens is 2. The Kier molecular flexibility index (Phi) is 5.18. The number of nitrogens with one attached hydrogen (secondary N) is 2. The molecule has 2 N–H and O–H groups in total. The second-order valence-electron chi connectivity index (χ2n) is 6.73. The van der Waals surface area contributed by atoms with Crippen molar-refractivity contribution in [3.63, 3.8) is 0 Å². The first-order valence-electron chi connectivity index (χ1n) is 9.02. The van der Waals surface area contributed by atoms with E-state index < -0.39 is 0 Å². The molecule has 2 heterocycles. The summed E-state index contributed by atoms with van der Waals surface area (Å²) in [6, 6.07) is 6.22. The molecule has 0 spiro atoms. The molecule has 1 aromatic heterocycles. The van der Waals surface area contributed by atoms with Gasteiger partial charge >= 0.3 is 0 Å². The number of hydrogen-bond acceptors (Lipinski definition) is 5. The Balaban J connectivity index is 1.38. The second-order valence-corrected chi connectivity index (χ2v) is 7.80. The Morgan fingerprint density at radius 1 is 1.41 bits per heavy atom. The predicted octanol–water partition coefficient (Wildman–Crippen LogP) is 1.67. The van der Waals surface area contributed by atoms with Crippen LogP contribution in [-0.2, 0) is 29.0 Å². The fraction of sp³-hybridized carbons (Fsp3) is 0.421. The molecule has 2 aliphatic rings. The smallest absolute Gasteiger partial charge is 0.269 e. The number of rotatable bonds is 6. The third-order valence-corrected chi connectivity index (χ3v) is 5.92. The number of amides is 2. The number of benzene rings is 1. The Morgan fingerprint density at radius 3 is 3.15 bits per heavy atom. The van der Waals surface area contributed by atoms with Crippen LogP contribution in [0.15, 0.2) is 29.6 Å². The summed E-state index contributed by atoms with van der Waals surface area (Å²) in [6.45, 7) is 1.38. The Labute approximate surface area is 161 Å². The molecule has 142 valence electrons. The van der Waals surface area contributed by atoms with Crippen molar-refractivity contribution in [2.45, 2.75) is 37.1 Å². The van der Waals surface area contributed by atoms with Crippen LogP contribution in [0.4, 0.5) is 0 Å². The number of carbonyl (C=O) groups excluding carboxylic acids is 2. The standard InChI is InChI=1S/C19H22N4O3S/c1-26-11-17(24)22-15-5-3-13-8-12(2-4-14(13)15)9-20-18(25)16-10-21-19-23(16)6-7-27-19/h2,4,8,10,15H,3,5-7,9,11H2,1H3,(H,20,25)(H,22,24). The number of hydrogen-bond donors (Lipinski definition) is 2. The van der Waals surface area contributed by atoms with Gasteiger partial charge in [0, 0.05) is 26.0 Å². The summed E-state index contributed by atoms with van der Waals surface area (Å²) in [5, 5.41) is 6.91. The first-order chi connectivity index (χ1) is 13.2. The molecule has 0 bridgehead atoms. The van der Waals surface area contributed by atoms with Crippen LogP contribution in [0.3, 0.4) is 0 Å². The van der Waals surface area contributed by atoms with Crippen LogP contribution in [0.2, 0.25) is 0 Å². The number of ether oxygens (including phenoxy) is 1. The molecule has 1 aromatic carbocycles. The SMILES string of the molecule is COCC(=O)NC1CCc2cc(CNC(=O)c3cnc4n3CCS4)ccc21. The van der Waals surface area contributed by atoms with E-state index in [1.807, 2.05) is 10.6 Å². The maximum Gasteiger partial charge on any atom is 0.269 e. The minimum atomic E-state index is -0.0989. The molecule has 2 aromatic rings. The quantitative estimate of drug-likeness (QED) is 0.789. The lowest BCUT2D eigenvalue weighted by Gasteiger charge is -2.14. The van der Waals surface area contributed by atoms with Gasteiger partial charge in [-0.05, 0) is 29.5 Å². The molecular weight excluding hydrogens is 364 g/mol. The molecule has 0 radical (unpaired) electrons. The van der Waals surface area contributed by atoms with Crippen molar-refractivity contribution in [1.82, 2.24) is 20.2 Å². The van der Waals surface area contributed by atoms with Crippen molar-refractivity contribution in [2.75, 3.05) is 19.5 Å². The minimum Gasteiger partial charge on any atom is -0.375 e. The molecular formula is C19H22N4O3S. The highest BCUT2D eigenvalue weighted by Crippen LogP contribution is 2.31. The van der Waals surface area contributed by atoms with Crippen LogP contribution in [0.25, 0.3) is 0 Å². The maximum atomic E-state index is 12.5. The molecule has 1 aliphatic heterocycles. The number of imidazole rings is 1. The van der Waals surface area contributed by atoms with Crippen LogP contribution in [-0.4, -0.2) is 40.8 Å². The Hall–Kier alpha value is -2.32. The monoisotopic (exact) mass is 386 g/mol. The van der Waals surface area contributed by atoms with Crippen molar-refractivity contribution >= 4 is 23.6 Å². The first-order valence-corrected chi connectivity index (χ1v) is 10.0.